The lowest BCUT2D eigenvalue weighted by Gasteiger charge is -2.19. The van der Waals surface area contributed by atoms with Crippen molar-refractivity contribution in [3.63, 3.8) is 0 Å². The SMILES string of the molecule is Cc1cc(OC(=O)N(C)SSN(C)C(=O)Oc2cc(C)c(N=Cc3ccccc3O)c(C)c2)cc(C)c1N=Cc1ccccc1O. The molecule has 0 aliphatic heterocycles. The van der Waals surface area contributed by atoms with Crippen LogP contribution in [0.5, 0.6) is 23.0 Å². The van der Waals surface area contributed by atoms with E-state index in [4.69, 9.17) is 9.47 Å². The Balaban J connectivity index is 1.30. The Bertz CT molecular complexity index is 1630. The minimum absolute atomic E-state index is 0.136. The van der Waals surface area contributed by atoms with Gasteiger partial charge in [-0.05, 0) is 98.5 Å². The summed E-state index contributed by atoms with van der Waals surface area (Å²) in [5, 5.41) is 20.0. The zero-order valence-electron chi connectivity index (χ0n) is 26.2. The van der Waals surface area contributed by atoms with Crippen LogP contribution in [0.4, 0.5) is 21.0 Å². The van der Waals surface area contributed by atoms with Crippen LogP contribution in [0.2, 0.25) is 0 Å². The van der Waals surface area contributed by atoms with E-state index in [0.717, 1.165) is 44.2 Å². The van der Waals surface area contributed by atoms with E-state index in [0.29, 0.717) is 34.0 Å². The second-order valence-corrected chi connectivity index (χ2v) is 12.6. The molecule has 0 radical (unpaired) electrons. The molecule has 4 aromatic carbocycles. The maximum atomic E-state index is 12.8. The first kappa shape index (κ1) is 33.9. The molecule has 0 unspecified atom stereocenters. The molecule has 0 aliphatic rings. The van der Waals surface area contributed by atoms with Crippen LogP contribution in [0.25, 0.3) is 0 Å². The number of aryl methyl sites for hydroxylation is 4. The van der Waals surface area contributed by atoms with E-state index in [2.05, 4.69) is 9.98 Å². The summed E-state index contributed by atoms with van der Waals surface area (Å²) in [4.78, 5) is 34.6. The van der Waals surface area contributed by atoms with Crippen molar-refractivity contribution in [2.45, 2.75) is 27.7 Å². The Labute approximate surface area is 276 Å². The van der Waals surface area contributed by atoms with Crippen molar-refractivity contribution < 1.29 is 29.3 Å². The molecule has 12 heteroatoms. The Kier molecular flexibility index (Phi) is 11.3. The van der Waals surface area contributed by atoms with Crippen LogP contribution >= 0.6 is 22.0 Å². The fourth-order valence-electron chi connectivity index (χ4n) is 4.31. The van der Waals surface area contributed by atoms with E-state index in [9.17, 15) is 19.8 Å². The number of carbonyl (C=O) groups is 2. The van der Waals surface area contributed by atoms with Crippen molar-refractivity contribution in [1.82, 2.24) is 8.61 Å². The van der Waals surface area contributed by atoms with Gasteiger partial charge in [-0.25, -0.2) is 18.2 Å². The molecule has 0 bridgehead atoms. The molecule has 0 saturated carbocycles. The summed E-state index contributed by atoms with van der Waals surface area (Å²) in [6.07, 6.45) is 1.92. The molecular weight excluding hydrogens is 625 g/mol. The van der Waals surface area contributed by atoms with E-state index >= 15 is 0 Å². The van der Waals surface area contributed by atoms with Crippen LogP contribution < -0.4 is 9.47 Å². The molecule has 0 aromatic heterocycles. The Morgan fingerprint density at radius 2 is 0.957 bits per heavy atom. The predicted molar refractivity (Wildman–Crippen MR) is 185 cm³/mol. The van der Waals surface area contributed by atoms with Gasteiger partial charge in [-0.1, -0.05) is 24.3 Å². The molecule has 46 heavy (non-hydrogen) atoms. The van der Waals surface area contributed by atoms with Crippen molar-refractivity contribution in [1.29, 1.82) is 0 Å². The maximum absolute atomic E-state index is 12.8. The number of aliphatic imine (C=N–C) groups is 2. The first-order chi connectivity index (χ1) is 21.9. The van der Waals surface area contributed by atoms with Gasteiger partial charge in [0.1, 0.15) is 23.0 Å². The number of benzene rings is 4. The van der Waals surface area contributed by atoms with Gasteiger partial charge in [0.15, 0.2) is 0 Å². The van der Waals surface area contributed by atoms with Crippen LogP contribution in [-0.4, -0.2) is 57.5 Å². The summed E-state index contributed by atoms with van der Waals surface area (Å²) in [6.45, 7) is 7.43. The van der Waals surface area contributed by atoms with Gasteiger partial charge >= 0.3 is 12.2 Å². The van der Waals surface area contributed by atoms with Crippen LogP contribution in [0.3, 0.4) is 0 Å². The second kappa shape index (κ2) is 15.4. The van der Waals surface area contributed by atoms with E-state index in [-0.39, 0.29) is 11.5 Å². The molecule has 0 atom stereocenters. The Morgan fingerprint density at radius 3 is 1.28 bits per heavy atom. The number of hydrogen-bond acceptors (Lipinski definition) is 10. The molecule has 0 spiro atoms. The summed E-state index contributed by atoms with van der Waals surface area (Å²) in [7, 11) is 5.06. The quantitative estimate of drug-likeness (QED) is 0.104. The zero-order chi connectivity index (χ0) is 33.4. The van der Waals surface area contributed by atoms with Crippen molar-refractivity contribution in [3.8, 4) is 23.0 Å². The number of hydrogen-bond donors (Lipinski definition) is 2. The largest absolute Gasteiger partial charge is 0.507 e. The molecule has 2 amide bonds. The van der Waals surface area contributed by atoms with E-state index in [1.54, 1.807) is 73.1 Å². The molecular formula is C34H34N4O6S2. The lowest BCUT2D eigenvalue weighted by atomic mass is 10.1. The van der Waals surface area contributed by atoms with Gasteiger partial charge in [-0.2, -0.15) is 0 Å². The lowest BCUT2D eigenvalue weighted by molar-refractivity contribution is 0.185. The van der Waals surface area contributed by atoms with Crippen LogP contribution in [-0.2, 0) is 0 Å². The van der Waals surface area contributed by atoms with Gasteiger partial charge in [0.2, 0.25) is 0 Å². The third-order valence-corrected chi connectivity index (χ3v) is 9.00. The number of nitrogens with zero attached hydrogens (tertiary/aromatic N) is 4. The average molecular weight is 659 g/mol. The smallest absolute Gasteiger partial charge is 0.425 e. The molecule has 0 saturated heterocycles. The molecule has 0 aliphatic carbocycles. The molecule has 2 N–H and O–H groups in total. The van der Waals surface area contributed by atoms with Gasteiger partial charge in [-0.3, -0.25) is 9.98 Å². The summed E-state index contributed by atoms with van der Waals surface area (Å²) in [6, 6.07) is 20.7. The number of ether oxygens (including phenoxy) is 2. The molecule has 4 aromatic rings. The number of para-hydroxylation sites is 2. The van der Waals surface area contributed by atoms with Gasteiger partial charge in [-0.15, -0.1) is 0 Å². The second-order valence-electron chi connectivity index (χ2n) is 10.3. The van der Waals surface area contributed by atoms with Crippen LogP contribution in [0, 0.1) is 27.7 Å². The summed E-state index contributed by atoms with van der Waals surface area (Å²) >= 11 is 0. The predicted octanol–water partition coefficient (Wildman–Crippen LogP) is 8.61. The number of amides is 2. The molecule has 238 valence electrons. The summed E-state index contributed by atoms with van der Waals surface area (Å²) in [5.74, 6) is 0.977. The van der Waals surface area contributed by atoms with Gasteiger partial charge in [0, 0.05) is 59.6 Å². The van der Waals surface area contributed by atoms with Crippen LogP contribution in [0.1, 0.15) is 33.4 Å². The van der Waals surface area contributed by atoms with Crippen LogP contribution in [0.15, 0.2) is 82.8 Å². The average Bonchev–Trinajstić information content (AvgIpc) is 3.00. The molecule has 0 heterocycles. The number of rotatable bonds is 9. The maximum Gasteiger partial charge on any atom is 0.425 e. The van der Waals surface area contributed by atoms with Gasteiger partial charge < -0.3 is 19.7 Å². The standard InChI is InChI=1S/C34H34N4O6S2/c1-21-15-27(16-22(2)31(21)35-19-25-11-7-9-13-29(25)39)43-33(41)37(5)45-46-38(6)34(42)44-28-17-23(3)32(24(4)18-28)36-20-26-12-8-10-14-30(26)40/h7-20,39-40H,1-6H3. The van der Waals surface area contributed by atoms with Gasteiger partial charge in [0.05, 0.1) is 11.4 Å². The number of phenolic OH excluding ortho intramolecular Hbond substituents is 2. The fourth-order valence-corrected chi connectivity index (χ4v) is 5.67. The highest BCUT2D eigenvalue weighted by molar-refractivity contribution is 8.75. The third-order valence-electron chi connectivity index (χ3n) is 6.65. The Hall–Kier alpha value is -4.94. The van der Waals surface area contributed by atoms with Crippen molar-refractivity contribution in [3.05, 3.63) is 106 Å². The highest BCUT2D eigenvalue weighted by atomic mass is 33.1. The number of phenols is 2. The summed E-state index contributed by atoms with van der Waals surface area (Å²) < 4.78 is 13.6. The molecule has 10 nitrogen and oxygen atoms in total. The lowest BCUT2D eigenvalue weighted by Crippen LogP contribution is -2.26. The van der Waals surface area contributed by atoms with E-state index in [1.165, 1.54) is 22.7 Å². The van der Waals surface area contributed by atoms with Gasteiger partial charge in [0.25, 0.3) is 0 Å². The normalized spacial score (nSPS) is 11.2. The topological polar surface area (TPSA) is 124 Å². The molecule has 4 rings (SSSR count). The monoisotopic (exact) mass is 658 g/mol. The van der Waals surface area contributed by atoms with E-state index in [1.807, 2.05) is 39.8 Å². The molecule has 0 fully saturated rings. The van der Waals surface area contributed by atoms with Crippen molar-refractivity contribution >= 4 is 58.0 Å². The number of carbonyl (C=O) groups excluding carboxylic acids is 2. The van der Waals surface area contributed by atoms with Crippen molar-refractivity contribution in [2.75, 3.05) is 14.1 Å². The number of aromatic hydroxyl groups is 2. The summed E-state index contributed by atoms with van der Waals surface area (Å²) in [5.41, 5.74) is 5.78. The minimum Gasteiger partial charge on any atom is -0.507 e. The van der Waals surface area contributed by atoms with Crippen molar-refractivity contribution in [2.24, 2.45) is 9.98 Å². The first-order valence-electron chi connectivity index (χ1n) is 14.1. The Morgan fingerprint density at radius 1 is 0.630 bits per heavy atom. The van der Waals surface area contributed by atoms with E-state index < -0.39 is 12.2 Å². The third kappa shape index (κ3) is 8.83. The zero-order valence-corrected chi connectivity index (χ0v) is 27.8. The highest BCUT2D eigenvalue weighted by Gasteiger charge is 2.19. The fraction of sp³-hybridized carbons (Fsp3) is 0.176. The first-order valence-corrected chi connectivity index (χ1v) is 16.1. The minimum atomic E-state index is -0.630. The highest BCUT2D eigenvalue weighted by Crippen LogP contribution is 2.33.